The Bertz CT molecular complexity index is 1390. The normalized spacial score (nSPS) is 16.2. The summed E-state index contributed by atoms with van der Waals surface area (Å²) < 4.78 is 3.06. The summed E-state index contributed by atoms with van der Waals surface area (Å²) in [6.07, 6.45) is 1.57. The molecule has 0 aliphatic carbocycles. The van der Waals surface area contributed by atoms with Crippen LogP contribution in [0.3, 0.4) is 0 Å². The number of aliphatic hydroxyl groups is 1. The monoisotopic (exact) mass is 528 g/mol. The first-order chi connectivity index (χ1) is 18.9. The number of aromatic hydroxyl groups is 1. The SMILES string of the molecule is CC(NC(CO)c1ccccc1)C(C)n1ncn(-c2ccc(N3CCN(c4ccc(O)cc4)CC3)cc2)c1=O. The zero-order valence-corrected chi connectivity index (χ0v) is 22.4. The molecule has 9 heteroatoms. The van der Waals surface area contributed by atoms with E-state index in [0.717, 1.165) is 48.8 Å². The number of aromatic nitrogens is 3. The van der Waals surface area contributed by atoms with E-state index in [4.69, 9.17) is 0 Å². The zero-order valence-electron chi connectivity index (χ0n) is 22.4. The van der Waals surface area contributed by atoms with E-state index in [-0.39, 0.29) is 36.2 Å². The Hall–Kier alpha value is -4.08. The first-order valence-corrected chi connectivity index (χ1v) is 13.4. The summed E-state index contributed by atoms with van der Waals surface area (Å²) in [7, 11) is 0. The standard InChI is InChI=1S/C30H36N6O3/c1-22(32-29(20-37)24-6-4-3-5-7-24)23(2)36-30(39)35(21-31-36)27-10-8-25(9-11-27)33-16-18-34(19-17-33)26-12-14-28(38)15-13-26/h3-15,21-23,29,32,37-38H,16-20H2,1-2H3. The fourth-order valence-corrected chi connectivity index (χ4v) is 5.09. The third kappa shape index (κ3) is 5.84. The second-order valence-corrected chi connectivity index (χ2v) is 10.1. The molecule has 204 valence electrons. The molecule has 4 aromatic rings. The molecule has 2 heterocycles. The van der Waals surface area contributed by atoms with Crippen LogP contribution >= 0.6 is 0 Å². The zero-order chi connectivity index (χ0) is 27.4. The van der Waals surface area contributed by atoms with Gasteiger partial charge in [-0.2, -0.15) is 5.10 Å². The lowest BCUT2D eigenvalue weighted by molar-refractivity contribution is 0.219. The molecule has 3 aromatic carbocycles. The van der Waals surface area contributed by atoms with Crippen LogP contribution < -0.4 is 20.8 Å². The van der Waals surface area contributed by atoms with Gasteiger partial charge in [0.05, 0.1) is 24.4 Å². The molecule has 0 radical (unpaired) electrons. The van der Waals surface area contributed by atoms with Crippen LogP contribution in [0.15, 0.2) is 90.0 Å². The Morgan fingerprint density at radius 2 is 1.36 bits per heavy atom. The van der Waals surface area contributed by atoms with Crippen LogP contribution in [0.25, 0.3) is 5.69 Å². The topological polar surface area (TPSA) is 98.8 Å². The average Bonchev–Trinajstić information content (AvgIpc) is 3.37. The summed E-state index contributed by atoms with van der Waals surface area (Å²) in [5.74, 6) is 0.279. The lowest BCUT2D eigenvalue weighted by atomic mass is 10.0. The summed E-state index contributed by atoms with van der Waals surface area (Å²) in [6, 6.07) is 24.6. The molecular weight excluding hydrogens is 492 g/mol. The van der Waals surface area contributed by atoms with Crippen molar-refractivity contribution < 1.29 is 10.2 Å². The molecule has 1 aliphatic heterocycles. The Morgan fingerprint density at radius 1 is 0.821 bits per heavy atom. The number of nitrogens with zero attached hydrogens (tertiary/aromatic N) is 5. The quantitative estimate of drug-likeness (QED) is 0.307. The number of phenolic OH excluding ortho intramolecular Hbond substituents is 1. The highest BCUT2D eigenvalue weighted by atomic mass is 16.3. The molecule has 5 rings (SSSR count). The Kier molecular flexibility index (Phi) is 7.99. The Labute approximate surface area is 228 Å². The van der Waals surface area contributed by atoms with Gasteiger partial charge in [-0.15, -0.1) is 0 Å². The van der Waals surface area contributed by atoms with Crippen LogP contribution in [0, 0.1) is 0 Å². The first kappa shape index (κ1) is 26.5. The fourth-order valence-electron chi connectivity index (χ4n) is 5.09. The molecule has 0 saturated carbocycles. The van der Waals surface area contributed by atoms with E-state index in [1.807, 2.05) is 68.4 Å². The third-order valence-electron chi connectivity index (χ3n) is 7.64. The Morgan fingerprint density at radius 3 is 1.92 bits per heavy atom. The van der Waals surface area contributed by atoms with Gasteiger partial charge in [-0.25, -0.2) is 14.0 Å². The van der Waals surface area contributed by atoms with Gasteiger partial charge in [-0.05, 0) is 67.9 Å². The lowest BCUT2D eigenvalue weighted by Gasteiger charge is -2.37. The lowest BCUT2D eigenvalue weighted by Crippen LogP contribution is -2.46. The van der Waals surface area contributed by atoms with Crippen molar-refractivity contribution in [3.63, 3.8) is 0 Å². The minimum atomic E-state index is -0.225. The molecule has 0 spiro atoms. The number of benzene rings is 3. The van der Waals surface area contributed by atoms with Crippen molar-refractivity contribution in [2.24, 2.45) is 0 Å². The van der Waals surface area contributed by atoms with E-state index < -0.39 is 0 Å². The summed E-state index contributed by atoms with van der Waals surface area (Å²) in [4.78, 5) is 17.9. The predicted octanol–water partition coefficient (Wildman–Crippen LogP) is 3.34. The maximum absolute atomic E-state index is 13.3. The van der Waals surface area contributed by atoms with E-state index in [0.29, 0.717) is 0 Å². The van der Waals surface area contributed by atoms with Crippen LogP contribution in [0.4, 0.5) is 11.4 Å². The van der Waals surface area contributed by atoms with Crippen molar-refractivity contribution in [3.05, 3.63) is 101 Å². The van der Waals surface area contributed by atoms with Gasteiger partial charge in [0.1, 0.15) is 12.1 Å². The molecule has 1 aromatic heterocycles. The molecule has 3 unspecified atom stereocenters. The predicted molar refractivity (Wildman–Crippen MR) is 154 cm³/mol. The van der Waals surface area contributed by atoms with E-state index in [9.17, 15) is 15.0 Å². The molecule has 1 fully saturated rings. The molecular formula is C30H36N6O3. The summed E-state index contributed by atoms with van der Waals surface area (Å²) in [6.45, 7) is 7.47. The second kappa shape index (κ2) is 11.8. The third-order valence-corrected chi connectivity index (χ3v) is 7.64. The highest BCUT2D eigenvalue weighted by molar-refractivity contribution is 5.54. The van der Waals surface area contributed by atoms with Crippen molar-refractivity contribution in [1.29, 1.82) is 0 Å². The van der Waals surface area contributed by atoms with E-state index in [1.54, 1.807) is 23.0 Å². The van der Waals surface area contributed by atoms with Crippen LogP contribution in [-0.4, -0.2) is 63.4 Å². The van der Waals surface area contributed by atoms with Gasteiger partial charge in [-0.1, -0.05) is 30.3 Å². The number of piperazine rings is 1. The first-order valence-electron chi connectivity index (χ1n) is 13.4. The summed E-state index contributed by atoms with van der Waals surface area (Å²) >= 11 is 0. The van der Waals surface area contributed by atoms with Gasteiger partial charge < -0.3 is 25.3 Å². The maximum atomic E-state index is 13.3. The van der Waals surface area contributed by atoms with Crippen molar-refractivity contribution >= 4 is 11.4 Å². The average molecular weight is 529 g/mol. The molecule has 1 saturated heterocycles. The minimum absolute atomic E-state index is 0.0391. The van der Waals surface area contributed by atoms with Gasteiger partial charge >= 0.3 is 5.69 Å². The van der Waals surface area contributed by atoms with Gasteiger partial charge in [0.15, 0.2) is 0 Å². The van der Waals surface area contributed by atoms with Crippen molar-refractivity contribution in [2.45, 2.75) is 32.0 Å². The molecule has 9 nitrogen and oxygen atoms in total. The number of hydrogen-bond donors (Lipinski definition) is 3. The summed E-state index contributed by atoms with van der Waals surface area (Å²) in [5.41, 5.74) is 3.80. The molecule has 0 amide bonds. The largest absolute Gasteiger partial charge is 0.508 e. The van der Waals surface area contributed by atoms with Crippen molar-refractivity contribution in [3.8, 4) is 11.4 Å². The highest BCUT2D eigenvalue weighted by Crippen LogP contribution is 2.23. The summed E-state index contributed by atoms with van der Waals surface area (Å²) in [5, 5.41) is 27.3. The van der Waals surface area contributed by atoms with Gasteiger partial charge in [0, 0.05) is 43.6 Å². The van der Waals surface area contributed by atoms with Gasteiger partial charge in [0.25, 0.3) is 0 Å². The van der Waals surface area contributed by atoms with Crippen molar-refractivity contribution in [2.75, 3.05) is 42.6 Å². The van der Waals surface area contributed by atoms with Crippen LogP contribution in [0.1, 0.15) is 31.5 Å². The van der Waals surface area contributed by atoms with Gasteiger partial charge in [0.2, 0.25) is 0 Å². The number of aliphatic hydroxyl groups excluding tert-OH is 1. The number of nitrogens with one attached hydrogen (secondary N) is 1. The molecule has 3 atom stereocenters. The van der Waals surface area contributed by atoms with E-state index >= 15 is 0 Å². The second-order valence-electron chi connectivity index (χ2n) is 10.1. The number of hydrogen-bond acceptors (Lipinski definition) is 7. The Balaban J connectivity index is 1.22. The smallest absolute Gasteiger partial charge is 0.350 e. The molecule has 39 heavy (non-hydrogen) atoms. The number of phenols is 1. The van der Waals surface area contributed by atoms with E-state index in [1.165, 1.54) is 4.68 Å². The fraction of sp³-hybridized carbons (Fsp3) is 0.333. The maximum Gasteiger partial charge on any atom is 0.350 e. The van der Waals surface area contributed by atoms with Gasteiger partial charge in [-0.3, -0.25) is 0 Å². The number of anilines is 2. The van der Waals surface area contributed by atoms with Crippen LogP contribution in [-0.2, 0) is 0 Å². The molecule has 1 aliphatic rings. The molecule has 3 N–H and O–H groups in total. The number of rotatable bonds is 9. The minimum Gasteiger partial charge on any atom is -0.508 e. The van der Waals surface area contributed by atoms with E-state index in [2.05, 4.69) is 32.3 Å². The molecule has 0 bridgehead atoms. The van der Waals surface area contributed by atoms with Crippen molar-refractivity contribution in [1.82, 2.24) is 19.7 Å². The van der Waals surface area contributed by atoms with Crippen LogP contribution in [0.2, 0.25) is 0 Å². The highest BCUT2D eigenvalue weighted by Gasteiger charge is 2.23. The van der Waals surface area contributed by atoms with Crippen LogP contribution in [0.5, 0.6) is 5.75 Å².